The predicted octanol–water partition coefficient (Wildman–Crippen LogP) is 0.670. The Bertz CT molecular complexity index is 283. The van der Waals surface area contributed by atoms with Gasteiger partial charge in [-0.25, -0.2) is 9.59 Å². The molecule has 1 aliphatic heterocycles. The largest absolute Gasteiger partial charge is 0.479 e. The molecule has 0 aromatic heterocycles. The average molecular weight is 244 g/mol. The Morgan fingerprint density at radius 2 is 2.24 bits per heavy atom. The molecule has 6 nitrogen and oxygen atoms in total. The number of carbonyl (C=O) groups excluding carboxylic acids is 1. The lowest BCUT2D eigenvalue weighted by molar-refractivity contribution is -0.148. The van der Waals surface area contributed by atoms with E-state index in [2.05, 4.69) is 5.32 Å². The van der Waals surface area contributed by atoms with Gasteiger partial charge in [-0.3, -0.25) is 0 Å². The molecule has 2 atom stereocenters. The monoisotopic (exact) mass is 244 g/mol. The third-order valence-electron chi connectivity index (χ3n) is 3.06. The summed E-state index contributed by atoms with van der Waals surface area (Å²) in [5, 5.41) is 11.4. The summed E-state index contributed by atoms with van der Waals surface area (Å²) < 4.78 is 4.74. The number of nitrogens with zero attached hydrogens (tertiary/aromatic N) is 1. The van der Waals surface area contributed by atoms with E-state index in [1.807, 2.05) is 6.92 Å². The summed E-state index contributed by atoms with van der Waals surface area (Å²) in [6.45, 7) is 2.73. The first-order chi connectivity index (χ1) is 8.06. The fourth-order valence-electron chi connectivity index (χ4n) is 1.95. The molecule has 1 fully saturated rings. The van der Waals surface area contributed by atoms with Crippen LogP contribution in [0.25, 0.3) is 0 Å². The molecule has 0 saturated carbocycles. The maximum atomic E-state index is 11.8. The summed E-state index contributed by atoms with van der Waals surface area (Å²) >= 11 is 0. The van der Waals surface area contributed by atoms with E-state index in [0.29, 0.717) is 0 Å². The number of carboxylic acid groups (broad SMARTS) is 1. The molecule has 2 N–H and O–H groups in total. The zero-order chi connectivity index (χ0) is 12.8. The summed E-state index contributed by atoms with van der Waals surface area (Å²) in [5.41, 5.74) is 0. The number of amides is 2. The minimum Gasteiger partial charge on any atom is -0.479 e. The summed E-state index contributed by atoms with van der Waals surface area (Å²) in [7, 11) is 1.31. The number of carboxylic acids is 1. The zero-order valence-electron chi connectivity index (χ0n) is 10.3. The molecule has 98 valence electrons. The topological polar surface area (TPSA) is 78.9 Å². The van der Waals surface area contributed by atoms with Gasteiger partial charge < -0.3 is 20.1 Å². The van der Waals surface area contributed by atoms with Crippen LogP contribution in [0.2, 0.25) is 0 Å². The van der Waals surface area contributed by atoms with Crippen molar-refractivity contribution in [3.05, 3.63) is 0 Å². The first-order valence-corrected chi connectivity index (χ1v) is 5.86. The number of carbonyl (C=O) groups is 2. The third-order valence-corrected chi connectivity index (χ3v) is 3.06. The molecule has 1 aliphatic rings. The molecule has 17 heavy (non-hydrogen) atoms. The molecule has 0 aromatic carbocycles. The lowest BCUT2D eigenvalue weighted by Crippen LogP contribution is -2.50. The number of hydrogen-bond acceptors (Lipinski definition) is 3. The third kappa shape index (κ3) is 3.89. The molecule has 0 radical (unpaired) electrons. The van der Waals surface area contributed by atoms with Gasteiger partial charge in [0.2, 0.25) is 0 Å². The van der Waals surface area contributed by atoms with Crippen LogP contribution in [-0.2, 0) is 9.53 Å². The van der Waals surface area contributed by atoms with E-state index < -0.39 is 12.1 Å². The van der Waals surface area contributed by atoms with Gasteiger partial charge in [-0.1, -0.05) is 0 Å². The Labute approximate surface area is 101 Å². The van der Waals surface area contributed by atoms with E-state index in [1.165, 1.54) is 7.11 Å². The van der Waals surface area contributed by atoms with Crippen LogP contribution in [0.5, 0.6) is 0 Å². The van der Waals surface area contributed by atoms with Crippen molar-refractivity contribution >= 4 is 12.0 Å². The normalized spacial score (nSPS) is 22.0. The van der Waals surface area contributed by atoms with Crippen LogP contribution >= 0.6 is 0 Å². The first-order valence-electron chi connectivity index (χ1n) is 5.86. The molecule has 6 heteroatoms. The number of urea groups is 1. The smallest absolute Gasteiger partial charge is 0.334 e. The van der Waals surface area contributed by atoms with Gasteiger partial charge in [0, 0.05) is 19.7 Å². The van der Waals surface area contributed by atoms with Gasteiger partial charge in [0.1, 0.15) is 0 Å². The van der Waals surface area contributed by atoms with E-state index in [1.54, 1.807) is 4.90 Å². The molecule has 0 spiro atoms. The second-order valence-electron chi connectivity index (χ2n) is 4.29. The molecule has 2 amide bonds. The number of ether oxygens (including phenoxy) is 1. The van der Waals surface area contributed by atoms with Crippen molar-refractivity contribution in [2.45, 2.75) is 38.3 Å². The molecule has 1 heterocycles. The summed E-state index contributed by atoms with van der Waals surface area (Å²) in [5.74, 6) is -1.07. The Hall–Kier alpha value is -1.30. The Kier molecular flexibility index (Phi) is 5.21. The lowest BCUT2D eigenvalue weighted by Gasteiger charge is -2.33. The van der Waals surface area contributed by atoms with E-state index >= 15 is 0 Å². The van der Waals surface area contributed by atoms with Gasteiger partial charge in [0.15, 0.2) is 6.10 Å². The standard InChI is InChI=1S/C11H20N2O4/c1-8-5-3-4-6-13(8)11(16)12-7-9(17-2)10(14)15/h8-9H,3-7H2,1-2H3,(H,12,16)(H,14,15). The number of aliphatic carboxylic acids is 1. The van der Waals surface area contributed by atoms with E-state index in [-0.39, 0.29) is 18.6 Å². The van der Waals surface area contributed by atoms with E-state index in [9.17, 15) is 9.59 Å². The van der Waals surface area contributed by atoms with Crippen molar-refractivity contribution in [2.75, 3.05) is 20.2 Å². The molecule has 0 aromatic rings. The maximum absolute atomic E-state index is 11.8. The highest BCUT2D eigenvalue weighted by Crippen LogP contribution is 2.15. The van der Waals surface area contributed by atoms with Crippen LogP contribution in [-0.4, -0.2) is 54.4 Å². The average Bonchev–Trinajstić information content (AvgIpc) is 2.29. The molecule has 1 rings (SSSR count). The fourth-order valence-corrected chi connectivity index (χ4v) is 1.95. The number of methoxy groups -OCH3 is 1. The number of likely N-dealkylation sites (tertiary alicyclic amines) is 1. The minimum atomic E-state index is -1.07. The Morgan fingerprint density at radius 1 is 1.53 bits per heavy atom. The Morgan fingerprint density at radius 3 is 2.76 bits per heavy atom. The SMILES string of the molecule is COC(CNC(=O)N1CCCCC1C)C(=O)O. The molecule has 1 saturated heterocycles. The molecule has 0 bridgehead atoms. The fraction of sp³-hybridized carbons (Fsp3) is 0.818. The number of rotatable bonds is 4. The minimum absolute atomic E-state index is 0.00606. The van der Waals surface area contributed by atoms with Gasteiger partial charge >= 0.3 is 12.0 Å². The van der Waals surface area contributed by atoms with Crippen LogP contribution in [0, 0.1) is 0 Å². The van der Waals surface area contributed by atoms with Crippen LogP contribution in [0.1, 0.15) is 26.2 Å². The van der Waals surface area contributed by atoms with Crippen LogP contribution in [0.3, 0.4) is 0 Å². The predicted molar refractivity (Wildman–Crippen MR) is 61.9 cm³/mol. The van der Waals surface area contributed by atoms with Gasteiger partial charge in [-0.2, -0.15) is 0 Å². The number of hydrogen-bond donors (Lipinski definition) is 2. The zero-order valence-corrected chi connectivity index (χ0v) is 10.3. The number of piperidine rings is 1. The van der Waals surface area contributed by atoms with Crippen molar-refractivity contribution in [2.24, 2.45) is 0 Å². The summed E-state index contributed by atoms with van der Waals surface area (Å²) in [6, 6.07) is 0.00933. The highest BCUT2D eigenvalue weighted by molar-refractivity contribution is 5.77. The first kappa shape index (κ1) is 13.8. The van der Waals surface area contributed by atoms with Crippen LogP contribution in [0.15, 0.2) is 0 Å². The molecule has 0 aliphatic carbocycles. The van der Waals surface area contributed by atoms with Crippen molar-refractivity contribution < 1.29 is 19.4 Å². The van der Waals surface area contributed by atoms with Crippen LogP contribution < -0.4 is 5.32 Å². The van der Waals surface area contributed by atoms with Crippen molar-refractivity contribution in [3.63, 3.8) is 0 Å². The quantitative estimate of drug-likeness (QED) is 0.762. The number of nitrogens with one attached hydrogen (secondary N) is 1. The second kappa shape index (κ2) is 6.44. The van der Waals surface area contributed by atoms with E-state index in [4.69, 9.17) is 9.84 Å². The van der Waals surface area contributed by atoms with E-state index in [0.717, 1.165) is 25.8 Å². The summed E-state index contributed by atoms with van der Waals surface area (Å²) in [6.07, 6.45) is 2.16. The van der Waals surface area contributed by atoms with Crippen molar-refractivity contribution in [1.82, 2.24) is 10.2 Å². The van der Waals surface area contributed by atoms with Crippen molar-refractivity contribution in [3.8, 4) is 0 Å². The highest BCUT2D eigenvalue weighted by atomic mass is 16.5. The van der Waals surface area contributed by atoms with Gasteiger partial charge in [0.05, 0.1) is 6.54 Å². The molecular formula is C11H20N2O4. The van der Waals surface area contributed by atoms with Crippen LogP contribution in [0.4, 0.5) is 4.79 Å². The van der Waals surface area contributed by atoms with Gasteiger partial charge in [-0.15, -0.1) is 0 Å². The van der Waals surface area contributed by atoms with Gasteiger partial charge in [-0.05, 0) is 26.2 Å². The Balaban J connectivity index is 2.40. The molecular weight excluding hydrogens is 224 g/mol. The highest BCUT2D eigenvalue weighted by Gasteiger charge is 2.24. The second-order valence-corrected chi connectivity index (χ2v) is 4.29. The maximum Gasteiger partial charge on any atom is 0.334 e. The molecule has 2 unspecified atom stereocenters. The van der Waals surface area contributed by atoms with Crippen molar-refractivity contribution in [1.29, 1.82) is 0 Å². The lowest BCUT2D eigenvalue weighted by atomic mass is 10.0. The van der Waals surface area contributed by atoms with Gasteiger partial charge in [0.25, 0.3) is 0 Å². The summed E-state index contributed by atoms with van der Waals surface area (Å²) in [4.78, 5) is 24.3.